The van der Waals surface area contributed by atoms with Crippen molar-refractivity contribution in [3.05, 3.63) is 29.8 Å². The van der Waals surface area contributed by atoms with E-state index in [0.29, 0.717) is 6.54 Å². The first-order valence-electron chi connectivity index (χ1n) is 6.13. The van der Waals surface area contributed by atoms with Gasteiger partial charge in [-0.25, -0.2) is 8.42 Å². The van der Waals surface area contributed by atoms with Gasteiger partial charge in [-0.3, -0.25) is 4.31 Å². The molecule has 17 heavy (non-hydrogen) atoms. The van der Waals surface area contributed by atoms with Gasteiger partial charge in [0, 0.05) is 6.54 Å². The Morgan fingerprint density at radius 3 is 2.59 bits per heavy atom. The number of aryl methyl sites for hydroxylation is 1. The fourth-order valence-corrected chi connectivity index (χ4v) is 3.52. The van der Waals surface area contributed by atoms with Crippen LogP contribution in [0.2, 0.25) is 0 Å². The van der Waals surface area contributed by atoms with Gasteiger partial charge in [0.25, 0.3) is 0 Å². The van der Waals surface area contributed by atoms with Crippen LogP contribution in [0.25, 0.3) is 0 Å². The molecule has 4 heteroatoms. The Hall–Kier alpha value is -1.03. The van der Waals surface area contributed by atoms with Gasteiger partial charge in [-0.1, -0.05) is 18.2 Å². The summed E-state index contributed by atoms with van der Waals surface area (Å²) in [6, 6.07) is 7.83. The fraction of sp³-hybridized carbons (Fsp3) is 0.538. The SMILES string of the molecule is CC(C)S(=O)(=O)N1CCCCc2ccccc21. The fourth-order valence-electron chi connectivity index (χ4n) is 2.18. The lowest BCUT2D eigenvalue weighted by molar-refractivity contribution is 0.580. The third-order valence-corrected chi connectivity index (χ3v) is 5.41. The van der Waals surface area contributed by atoms with Gasteiger partial charge in [0.2, 0.25) is 10.0 Å². The monoisotopic (exact) mass is 253 g/mol. The second-order valence-corrected chi connectivity index (χ2v) is 7.17. The van der Waals surface area contributed by atoms with Gasteiger partial charge in [-0.2, -0.15) is 0 Å². The molecule has 0 spiro atoms. The molecule has 0 aliphatic carbocycles. The third kappa shape index (κ3) is 2.32. The third-order valence-electron chi connectivity index (χ3n) is 3.22. The van der Waals surface area contributed by atoms with Crippen molar-refractivity contribution >= 4 is 15.7 Å². The highest BCUT2D eigenvalue weighted by atomic mass is 32.2. The summed E-state index contributed by atoms with van der Waals surface area (Å²) in [4.78, 5) is 0. The zero-order valence-electron chi connectivity index (χ0n) is 10.4. The van der Waals surface area contributed by atoms with Gasteiger partial charge in [0.1, 0.15) is 0 Å². The maximum absolute atomic E-state index is 12.3. The molecule has 0 bridgehead atoms. The minimum Gasteiger partial charge on any atom is -0.270 e. The number of anilines is 1. The van der Waals surface area contributed by atoms with Crippen LogP contribution in [0.3, 0.4) is 0 Å². The van der Waals surface area contributed by atoms with E-state index in [0.717, 1.165) is 30.5 Å². The van der Waals surface area contributed by atoms with Gasteiger partial charge in [0.15, 0.2) is 0 Å². The van der Waals surface area contributed by atoms with Crippen molar-refractivity contribution in [2.45, 2.75) is 38.4 Å². The molecule has 0 saturated carbocycles. The van der Waals surface area contributed by atoms with Crippen LogP contribution in [0.15, 0.2) is 24.3 Å². The van der Waals surface area contributed by atoms with E-state index in [1.54, 1.807) is 18.2 Å². The molecule has 0 saturated heterocycles. The number of para-hydroxylation sites is 1. The van der Waals surface area contributed by atoms with Crippen LogP contribution in [0, 0.1) is 0 Å². The van der Waals surface area contributed by atoms with Crippen molar-refractivity contribution in [2.75, 3.05) is 10.8 Å². The first-order chi connectivity index (χ1) is 8.03. The lowest BCUT2D eigenvalue weighted by Gasteiger charge is -2.26. The van der Waals surface area contributed by atoms with Gasteiger partial charge < -0.3 is 0 Å². The van der Waals surface area contributed by atoms with Crippen LogP contribution in [0.4, 0.5) is 5.69 Å². The summed E-state index contributed by atoms with van der Waals surface area (Å²) < 4.78 is 26.3. The van der Waals surface area contributed by atoms with E-state index in [4.69, 9.17) is 0 Å². The van der Waals surface area contributed by atoms with Crippen LogP contribution in [-0.4, -0.2) is 20.2 Å². The summed E-state index contributed by atoms with van der Waals surface area (Å²) >= 11 is 0. The van der Waals surface area contributed by atoms with Crippen molar-refractivity contribution in [2.24, 2.45) is 0 Å². The van der Waals surface area contributed by atoms with Gasteiger partial charge >= 0.3 is 0 Å². The lowest BCUT2D eigenvalue weighted by atomic mass is 10.1. The number of nitrogens with zero attached hydrogens (tertiary/aromatic N) is 1. The number of sulfonamides is 1. The van der Waals surface area contributed by atoms with E-state index in [-0.39, 0.29) is 5.25 Å². The molecule has 3 nitrogen and oxygen atoms in total. The number of hydrogen-bond donors (Lipinski definition) is 0. The maximum Gasteiger partial charge on any atom is 0.237 e. The van der Waals surface area contributed by atoms with E-state index in [2.05, 4.69) is 0 Å². The average molecular weight is 253 g/mol. The van der Waals surface area contributed by atoms with Crippen molar-refractivity contribution in [1.82, 2.24) is 0 Å². The molecule has 0 radical (unpaired) electrons. The molecule has 0 N–H and O–H groups in total. The molecule has 94 valence electrons. The van der Waals surface area contributed by atoms with Crippen molar-refractivity contribution in [3.8, 4) is 0 Å². The Labute approximate surface area is 104 Å². The van der Waals surface area contributed by atoms with Gasteiger partial charge in [-0.15, -0.1) is 0 Å². The minimum absolute atomic E-state index is 0.367. The number of benzene rings is 1. The number of fused-ring (bicyclic) bond motifs is 1. The zero-order chi connectivity index (χ0) is 12.5. The number of rotatable bonds is 2. The highest BCUT2D eigenvalue weighted by Crippen LogP contribution is 2.29. The predicted molar refractivity (Wildman–Crippen MR) is 70.8 cm³/mol. The predicted octanol–water partition coefficient (Wildman–Crippen LogP) is 2.57. The summed E-state index contributed by atoms with van der Waals surface area (Å²) in [5, 5.41) is -0.367. The summed E-state index contributed by atoms with van der Waals surface area (Å²) in [7, 11) is -3.20. The van der Waals surface area contributed by atoms with Crippen molar-refractivity contribution in [3.63, 3.8) is 0 Å². The molecule has 1 aromatic carbocycles. The zero-order valence-corrected chi connectivity index (χ0v) is 11.2. The first kappa shape index (κ1) is 12.4. The summed E-state index contributed by atoms with van der Waals surface area (Å²) in [6.45, 7) is 4.09. The van der Waals surface area contributed by atoms with Crippen molar-refractivity contribution < 1.29 is 8.42 Å². The Balaban J connectivity index is 2.49. The normalized spacial score (nSPS) is 16.8. The molecule has 0 unspecified atom stereocenters. The maximum atomic E-state index is 12.3. The first-order valence-corrected chi connectivity index (χ1v) is 7.63. The van der Waals surface area contributed by atoms with Crippen LogP contribution in [0.1, 0.15) is 32.3 Å². The Morgan fingerprint density at radius 1 is 1.18 bits per heavy atom. The average Bonchev–Trinajstić information content (AvgIpc) is 2.51. The van der Waals surface area contributed by atoms with E-state index < -0.39 is 10.0 Å². The summed E-state index contributed by atoms with van der Waals surface area (Å²) in [5.74, 6) is 0. The molecule has 0 atom stereocenters. The molecule has 1 heterocycles. The Morgan fingerprint density at radius 2 is 1.88 bits per heavy atom. The quantitative estimate of drug-likeness (QED) is 0.812. The highest BCUT2D eigenvalue weighted by molar-refractivity contribution is 7.93. The molecular formula is C13H19NO2S. The van der Waals surface area contributed by atoms with Crippen LogP contribution >= 0.6 is 0 Å². The molecule has 0 aromatic heterocycles. The molecule has 0 fully saturated rings. The van der Waals surface area contributed by atoms with Crippen LogP contribution in [-0.2, 0) is 16.4 Å². The van der Waals surface area contributed by atoms with E-state index >= 15 is 0 Å². The second-order valence-electron chi connectivity index (χ2n) is 4.75. The standard InChI is InChI=1S/C13H19NO2S/c1-11(2)17(15,16)14-10-6-5-8-12-7-3-4-9-13(12)14/h3-4,7,9,11H,5-6,8,10H2,1-2H3. The number of hydrogen-bond acceptors (Lipinski definition) is 2. The minimum atomic E-state index is -3.20. The molecule has 1 aromatic rings. The van der Waals surface area contributed by atoms with E-state index in [1.165, 1.54) is 0 Å². The molecule has 1 aliphatic heterocycles. The highest BCUT2D eigenvalue weighted by Gasteiger charge is 2.28. The van der Waals surface area contributed by atoms with Crippen LogP contribution < -0.4 is 4.31 Å². The van der Waals surface area contributed by atoms with Gasteiger partial charge in [-0.05, 0) is 44.7 Å². The topological polar surface area (TPSA) is 37.4 Å². The smallest absolute Gasteiger partial charge is 0.237 e. The molecule has 1 aliphatic rings. The molecular weight excluding hydrogens is 234 g/mol. The Kier molecular flexibility index (Phi) is 3.43. The largest absolute Gasteiger partial charge is 0.270 e. The Bertz CT molecular complexity index is 494. The molecule has 0 amide bonds. The second kappa shape index (κ2) is 4.69. The summed E-state index contributed by atoms with van der Waals surface area (Å²) in [5.41, 5.74) is 2.02. The lowest BCUT2D eigenvalue weighted by Crippen LogP contribution is -2.37. The van der Waals surface area contributed by atoms with Crippen molar-refractivity contribution in [1.29, 1.82) is 0 Å². The van der Waals surface area contributed by atoms with Gasteiger partial charge in [0.05, 0.1) is 10.9 Å². The van der Waals surface area contributed by atoms with E-state index in [9.17, 15) is 8.42 Å². The molecule has 2 rings (SSSR count). The van der Waals surface area contributed by atoms with E-state index in [1.807, 2.05) is 24.3 Å². The van der Waals surface area contributed by atoms with Crippen LogP contribution in [0.5, 0.6) is 0 Å². The summed E-state index contributed by atoms with van der Waals surface area (Å²) in [6.07, 6.45) is 2.96.